The number of ether oxygens (including phenoxy) is 1. The summed E-state index contributed by atoms with van der Waals surface area (Å²) in [7, 11) is -3.54. The van der Waals surface area contributed by atoms with E-state index in [1.807, 2.05) is 6.07 Å². The SMILES string of the molecule is CC1(C)C(N)=NC2(CCCc3ccc(NC(=O)c4ccc(OCF)cn4)cc32)CS1(=O)=O. The van der Waals surface area contributed by atoms with Crippen molar-refractivity contribution in [3.05, 3.63) is 53.3 Å². The first-order valence-electron chi connectivity index (χ1n) is 10.3. The van der Waals surface area contributed by atoms with Gasteiger partial charge in [-0.25, -0.2) is 17.8 Å². The van der Waals surface area contributed by atoms with E-state index in [-0.39, 0.29) is 23.0 Å². The van der Waals surface area contributed by atoms with Gasteiger partial charge in [0.05, 0.1) is 11.9 Å². The number of rotatable bonds is 4. The lowest BCUT2D eigenvalue weighted by Gasteiger charge is -2.43. The number of halogens is 1. The van der Waals surface area contributed by atoms with Crippen molar-refractivity contribution < 1.29 is 22.3 Å². The summed E-state index contributed by atoms with van der Waals surface area (Å²) in [5.41, 5.74) is 7.57. The number of benzene rings is 1. The van der Waals surface area contributed by atoms with Crippen molar-refractivity contribution in [1.29, 1.82) is 0 Å². The van der Waals surface area contributed by atoms with Crippen LogP contribution in [0.1, 0.15) is 48.3 Å². The summed E-state index contributed by atoms with van der Waals surface area (Å²) >= 11 is 0. The molecule has 1 aliphatic carbocycles. The average Bonchev–Trinajstić information content (AvgIpc) is 2.74. The lowest BCUT2D eigenvalue weighted by Crippen LogP contribution is -2.56. The predicted octanol–water partition coefficient (Wildman–Crippen LogP) is 2.74. The third-order valence-electron chi connectivity index (χ3n) is 6.25. The molecule has 0 saturated heterocycles. The largest absolute Gasteiger partial charge is 0.461 e. The zero-order valence-electron chi connectivity index (χ0n) is 17.9. The Labute approximate surface area is 186 Å². The molecule has 1 unspecified atom stereocenters. The number of carbonyl (C=O) groups is 1. The maximum Gasteiger partial charge on any atom is 0.274 e. The molecule has 1 amide bonds. The molecule has 1 aromatic heterocycles. The predicted molar refractivity (Wildman–Crippen MR) is 119 cm³/mol. The molecule has 8 nitrogen and oxygen atoms in total. The Hall–Kier alpha value is -3.01. The van der Waals surface area contributed by atoms with E-state index in [0.29, 0.717) is 12.1 Å². The normalized spacial score (nSPS) is 23.2. The number of hydrogen-bond donors (Lipinski definition) is 2. The maximum absolute atomic E-state index is 13.0. The Balaban J connectivity index is 1.67. The lowest BCUT2D eigenvalue weighted by molar-refractivity contribution is 0.102. The van der Waals surface area contributed by atoms with Crippen LogP contribution in [0, 0.1) is 0 Å². The highest BCUT2D eigenvalue weighted by Crippen LogP contribution is 2.45. The summed E-state index contributed by atoms with van der Waals surface area (Å²) in [4.78, 5) is 21.3. The van der Waals surface area contributed by atoms with E-state index in [1.165, 1.54) is 18.3 Å². The Kier molecular flexibility index (Phi) is 5.44. The van der Waals surface area contributed by atoms with E-state index in [9.17, 15) is 17.6 Å². The number of carbonyl (C=O) groups excluding carboxylic acids is 1. The van der Waals surface area contributed by atoms with E-state index in [4.69, 9.17) is 15.5 Å². The van der Waals surface area contributed by atoms with Crippen LogP contribution in [0.2, 0.25) is 0 Å². The molecule has 10 heteroatoms. The Morgan fingerprint density at radius 2 is 2.06 bits per heavy atom. The Morgan fingerprint density at radius 3 is 2.72 bits per heavy atom. The Bertz CT molecular complexity index is 1190. The molecule has 2 heterocycles. The zero-order valence-corrected chi connectivity index (χ0v) is 18.7. The minimum atomic E-state index is -3.54. The molecule has 1 atom stereocenters. The van der Waals surface area contributed by atoms with Gasteiger partial charge in [-0.05, 0) is 68.5 Å². The molecular weight excluding hydrogens is 435 g/mol. The van der Waals surface area contributed by atoms with Crippen LogP contribution in [0.15, 0.2) is 41.5 Å². The molecule has 2 aliphatic rings. The number of aromatic nitrogens is 1. The van der Waals surface area contributed by atoms with Crippen LogP contribution in [0.25, 0.3) is 0 Å². The van der Waals surface area contributed by atoms with E-state index >= 15 is 0 Å². The first-order chi connectivity index (χ1) is 15.1. The van der Waals surface area contributed by atoms with Gasteiger partial charge in [0, 0.05) is 5.69 Å². The molecule has 2 aromatic rings. The highest BCUT2D eigenvalue weighted by Gasteiger charge is 2.51. The summed E-state index contributed by atoms with van der Waals surface area (Å²) < 4.78 is 41.8. The Morgan fingerprint density at radius 1 is 1.28 bits per heavy atom. The summed E-state index contributed by atoms with van der Waals surface area (Å²) in [5.74, 6) is -0.264. The van der Waals surface area contributed by atoms with Crippen LogP contribution in [0.3, 0.4) is 0 Å². The quantitative estimate of drug-likeness (QED) is 0.723. The van der Waals surface area contributed by atoms with Crippen molar-refractivity contribution in [1.82, 2.24) is 4.98 Å². The number of hydrogen-bond acceptors (Lipinski definition) is 7. The van der Waals surface area contributed by atoms with Gasteiger partial charge in [0.1, 0.15) is 27.6 Å². The number of amidine groups is 1. The number of nitrogens with zero attached hydrogens (tertiary/aromatic N) is 2. The second-order valence-corrected chi connectivity index (χ2v) is 11.1. The topological polar surface area (TPSA) is 124 Å². The van der Waals surface area contributed by atoms with Crippen molar-refractivity contribution in [3.8, 4) is 5.75 Å². The standard InChI is InChI=1S/C22H25FN4O4S/c1-21(2)20(24)27-22(12-32(21,29)30)9-3-4-14-5-6-15(10-17(14)22)26-19(28)18-8-7-16(11-25-18)31-13-23/h5-8,10-11H,3-4,9,12-13H2,1-2H3,(H2,24,27)(H,26,28). The number of sulfone groups is 1. The summed E-state index contributed by atoms with van der Waals surface area (Å²) in [6.07, 6.45) is 3.41. The molecule has 0 fully saturated rings. The number of anilines is 1. The first-order valence-corrected chi connectivity index (χ1v) is 11.9. The average molecular weight is 461 g/mol. The zero-order chi connectivity index (χ0) is 23.1. The van der Waals surface area contributed by atoms with Gasteiger partial charge >= 0.3 is 0 Å². The van der Waals surface area contributed by atoms with Gasteiger partial charge in [0.2, 0.25) is 6.86 Å². The van der Waals surface area contributed by atoms with E-state index in [1.54, 1.807) is 26.0 Å². The first kappa shape index (κ1) is 22.2. The van der Waals surface area contributed by atoms with Crippen LogP contribution >= 0.6 is 0 Å². The van der Waals surface area contributed by atoms with Gasteiger partial charge < -0.3 is 15.8 Å². The monoisotopic (exact) mass is 460 g/mol. The van der Waals surface area contributed by atoms with Gasteiger partial charge in [-0.3, -0.25) is 9.79 Å². The van der Waals surface area contributed by atoms with E-state index < -0.39 is 32.9 Å². The van der Waals surface area contributed by atoms with Gasteiger partial charge in [-0.1, -0.05) is 6.07 Å². The lowest BCUT2D eigenvalue weighted by atomic mass is 9.77. The van der Waals surface area contributed by atoms with Crippen LogP contribution in [0.5, 0.6) is 5.75 Å². The fourth-order valence-corrected chi connectivity index (χ4v) is 5.91. The van der Waals surface area contributed by atoms with Gasteiger partial charge in [-0.2, -0.15) is 0 Å². The van der Waals surface area contributed by atoms with Crippen LogP contribution < -0.4 is 15.8 Å². The molecule has 170 valence electrons. The number of amides is 1. The fourth-order valence-electron chi connectivity index (χ4n) is 4.19. The minimum Gasteiger partial charge on any atom is -0.461 e. The minimum absolute atomic E-state index is 0.103. The van der Waals surface area contributed by atoms with Crippen molar-refractivity contribution in [3.63, 3.8) is 0 Å². The second-order valence-electron chi connectivity index (χ2n) is 8.61. The fraction of sp³-hybridized carbons (Fsp3) is 0.409. The smallest absolute Gasteiger partial charge is 0.274 e. The third kappa shape index (κ3) is 3.72. The molecule has 0 radical (unpaired) electrons. The maximum atomic E-state index is 13.0. The molecule has 4 rings (SSSR count). The van der Waals surface area contributed by atoms with Gasteiger partial charge in [0.15, 0.2) is 9.84 Å². The number of aliphatic imine (C=N–C) groups is 1. The molecule has 0 saturated carbocycles. The summed E-state index contributed by atoms with van der Waals surface area (Å²) in [6, 6.07) is 8.31. The third-order valence-corrected chi connectivity index (χ3v) is 8.88. The number of fused-ring (bicyclic) bond motifs is 2. The van der Waals surface area contributed by atoms with Crippen LogP contribution in [-0.4, -0.2) is 42.5 Å². The molecule has 0 bridgehead atoms. The van der Waals surface area contributed by atoms with Crippen LogP contribution in [-0.2, 0) is 21.8 Å². The van der Waals surface area contributed by atoms with E-state index in [2.05, 4.69) is 10.3 Å². The molecule has 32 heavy (non-hydrogen) atoms. The molecular formula is C22H25FN4O4S. The number of alkyl halides is 1. The highest BCUT2D eigenvalue weighted by atomic mass is 32.2. The van der Waals surface area contributed by atoms with Crippen LogP contribution in [0.4, 0.5) is 10.1 Å². The molecule has 3 N–H and O–H groups in total. The van der Waals surface area contributed by atoms with Gasteiger partial charge in [0.25, 0.3) is 5.91 Å². The number of pyridine rings is 1. The number of nitrogens with two attached hydrogens (primary N) is 1. The van der Waals surface area contributed by atoms with Crippen molar-refractivity contribution >= 4 is 27.3 Å². The van der Waals surface area contributed by atoms with Crippen molar-refractivity contribution in [2.45, 2.75) is 43.4 Å². The number of nitrogens with one attached hydrogen (secondary N) is 1. The summed E-state index contributed by atoms with van der Waals surface area (Å²) in [5, 5.41) is 2.78. The molecule has 1 aliphatic heterocycles. The van der Waals surface area contributed by atoms with Crippen molar-refractivity contribution in [2.24, 2.45) is 10.7 Å². The van der Waals surface area contributed by atoms with E-state index in [0.717, 1.165) is 24.0 Å². The summed E-state index contributed by atoms with van der Waals surface area (Å²) in [6.45, 7) is 2.17. The second kappa shape index (κ2) is 7.84. The van der Waals surface area contributed by atoms with Crippen molar-refractivity contribution in [2.75, 3.05) is 17.9 Å². The molecule has 1 aromatic carbocycles. The van der Waals surface area contributed by atoms with Gasteiger partial charge in [-0.15, -0.1) is 0 Å². The highest BCUT2D eigenvalue weighted by molar-refractivity contribution is 7.93. The molecule has 1 spiro atoms. The number of aryl methyl sites for hydroxylation is 1.